The molecule has 1 fully saturated rings. The summed E-state index contributed by atoms with van der Waals surface area (Å²) in [7, 11) is -0.313. The third-order valence-corrected chi connectivity index (χ3v) is 6.94. The number of aryl methyl sites for hydroxylation is 2. The molecular weight excluding hydrogens is 390 g/mol. The van der Waals surface area contributed by atoms with Crippen LogP contribution < -0.4 is 4.74 Å². The summed E-state index contributed by atoms with van der Waals surface area (Å²) in [6, 6.07) is 4.93. The van der Waals surface area contributed by atoms with Crippen molar-refractivity contribution in [2.45, 2.75) is 37.2 Å². The fraction of sp³-hybridized carbons (Fsp3) is 0.350. The Bertz CT molecular complexity index is 1120. The molecule has 1 aliphatic carbocycles. The number of imidazole rings is 1. The minimum absolute atomic E-state index is 0.00729. The van der Waals surface area contributed by atoms with E-state index >= 15 is 0 Å². The van der Waals surface area contributed by atoms with Gasteiger partial charge in [-0.25, -0.2) is 23.4 Å². The molecule has 0 saturated heterocycles. The summed E-state index contributed by atoms with van der Waals surface area (Å²) in [5.41, 5.74) is 1.51. The Balaban J connectivity index is 1.70. The van der Waals surface area contributed by atoms with Gasteiger partial charge in [0, 0.05) is 55.1 Å². The number of sulfonamides is 1. The molecule has 0 N–H and O–H groups in total. The Morgan fingerprint density at radius 1 is 1.21 bits per heavy atom. The number of ether oxygens (including phenoxy) is 1. The zero-order valence-corrected chi connectivity index (χ0v) is 17.4. The third kappa shape index (κ3) is 3.88. The maximum Gasteiger partial charge on any atom is 0.243 e. The first-order valence-electron chi connectivity index (χ1n) is 9.35. The van der Waals surface area contributed by atoms with Gasteiger partial charge in [0.15, 0.2) is 0 Å². The minimum Gasteiger partial charge on any atom is -0.496 e. The number of hydrogen-bond donors (Lipinski definition) is 0. The van der Waals surface area contributed by atoms with E-state index in [1.54, 1.807) is 41.1 Å². The summed E-state index contributed by atoms with van der Waals surface area (Å²) in [5.74, 6) is 1.84. The zero-order chi connectivity index (χ0) is 20.6. The van der Waals surface area contributed by atoms with Crippen molar-refractivity contribution in [3.63, 3.8) is 0 Å². The Kier molecular flexibility index (Phi) is 5.10. The smallest absolute Gasteiger partial charge is 0.243 e. The molecule has 8 nitrogen and oxygen atoms in total. The van der Waals surface area contributed by atoms with Crippen molar-refractivity contribution < 1.29 is 13.2 Å². The molecule has 1 aliphatic rings. The van der Waals surface area contributed by atoms with E-state index in [0.717, 1.165) is 24.0 Å². The SMILES string of the molecule is COc1cc(S(=O)(=O)N(Cc2nccn2C)C2CC2)ccc1-c1cnc(C)nc1. The van der Waals surface area contributed by atoms with E-state index in [4.69, 9.17) is 4.74 Å². The summed E-state index contributed by atoms with van der Waals surface area (Å²) in [6.07, 6.45) is 8.61. The van der Waals surface area contributed by atoms with Crippen molar-refractivity contribution >= 4 is 10.0 Å². The Labute approximate surface area is 170 Å². The number of benzene rings is 1. The highest BCUT2D eigenvalue weighted by molar-refractivity contribution is 7.89. The first kappa shape index (κ1) is 19.5. The van der Waals surface area contributed by atoms with Gasteiger partial charge in [0.1, 0.15) is 17.4 Å². The van der Waals surface area contributed by atoms with Gasteiger partial charge in [-0.15, -0.1) is 0 Å². The molecule has 2 aromatic heterocycles. The average molecular weight is 414 g/mol. The molecule has 152 valence electrons. The van der Waals surface area contributed by atoms with Gasteiger partial charge in [-0.3, -0.25) is 0 Å². The van der Waals surface area contributed by atoms with Crippen LogP contribution in [0.5, 0.6) is 5.75 Å². The predicted octanol–water partition coefficient (Wildman–Crippen LogP) is 2.55. The topological polar surface area (TPSA) is 90.2 Å². The van der Waals surface area contributed by atoms with Crippen LogP contribution in [0.3, 0.4) is 0 Å². The van der Waals surface area contributed by atoms with Crippen LogP contribution in [0.2, 0.25) is 0 Å². The standard InChI is InChI=1S/C20H23N5O3S/c1-14-22-11-15(12-23-14)18-7-6-17(10-19(18)28-3)29(26,27)25(16-4-5-16)13-20-21-8-9-24(20)2/h6-12,16H,4-5,13H2,1-3H3. The van der Waals surface area contributed by atoms with E-state index < -0.39 is 10.0 Å². The summed E-state index contributed by atoms with van der Waals surface area (Å²) >= 11 is 0. The fourth-order valence-corrected chi connectivity index (χ4v) is 4.85. The molecule has 0 aliphatic heterocycles. The van der Waals surface area contributed by atoms with Crippen molar-refractivity contribution in [1.29, 1.82) is 0 Å². The maximum absolute atomic E-state index is 13.4. The molecule has 0 radical (unpaired) electrons. The lowest BCUT2D eigenvalue weighted by Gasteiger charge is -2.22. The summed E-state index contributed by atoms with van der Waals surface area (Å²) in [4.78, 5) is 12.9. The number of methoxy groups -OCH3 is 1. The number of nitrogens with zero attached hydrogens (tertiary/aromatic N) is 5. The van der Waals surface area contributed by atoms with Gasteiger partial charge in [-0.2, -0.15) is 4.31 Å². The van der Waals surface area contributed by atoms with Gasteiger partial charge in [0.05, 0.1) is 18.6 Å². The maximum atomic E-state index is 13.4. The molecule has 0 amide bonds. The first-order valence-corrected chi connectivity index (χ1v) is 10.8. The van der Waals surface area contributed by atoms with Gasteiger partial charge in [0.25, 0.3) is 0 Å². The first-order chi connectivity index (χ1) is 13.9. The molecule has 0 bridgehead atoms. The molecule has 9 heteroatoms. The van der Waals surface area contributed by atoms with Crippen LogP contribution in [-0.2, 0) is 23.6 Å². The largest absolute Gasteiger partial charge is 0.496 e. The van der Waals surface area contributed by atoms with Crippen LogP contribution in [0.1, 0.15) is 24.5 Å². The molecule has 2 heterocycles. The van der Waals surface area contributed by atoms with E-state index in [-0.39, 0.29) is 17.5 Å². The van der Waals surface area contributed by atoms with Gasteiger partial charge in [-0.05, 0) is 31.9 Å². The number of hydrogen-bond acceptors (Lipinski definition) is 6. The molecule has 4 rings (SSSR count). The van der Waals surface area contributed by atoms with Crippen LogP contribution in [0.15, 0.2) is 47.9 Å². The van der Waals surface area contributed by atoms with Crippen LogP contribution in [0, 0.1) is 6.92 Å². The van der Waals surface area contributed by atoms with Crippen LogP contribution in [0.4, 0.5) is 0 Å². The highest BCUT2D eigenvalue weighted by Crippen LogP contribution is 2.36. The molecule has 29 heavy (non-hydrogen) atoms. The van der Waals surface area contributed by atoms with Gasteiger partial charge >= 0.3 is 0 Å². The van der Waals surface area contributed by atoms with E-state index in [2.05, 4.69) is 15.0 Å². The summed E-state index contributed by atoms with van der Waals surface area (Å²) in [6.45, 7) is 2.05. The van der Waals surface area contributed by atoms with Crippen LogP contribution >= 0.6 is 0 Å². The predicted molar refractivity (Wildman–Crippen MR) is 108 cm³/mol. The Hall–Kier alpha value is -2.78. The Morgan fingerprint density at radius 3 is 2.52 bits per heavy atom. The molecule has 3 aromatic rings. The second-order valence-corrected chi connectivity index (χ2v) is 9.01. The van der Waals surface area contributed by atoms with Crippen LogP contribution in [-0.4, -0.2) is 45.4 Å². The highest BCUT2D eigenvalue weighted by Gasteiger charge is 2.39. The summed E-state index contributed by atoms with van der Waals surface area (Å²) in [5, 5.41) is 0. The van der Waals surface area contributed by atoms with Gasteiger partial charge < -0.3 is 9.30 Å². The van der Waals surface area contributed by atoms with Crippen molar-refractivity contribution in [3.05, 3.63) is 54.6 Å². The lowest BCUT2D eigenvalue weighted by molar-refractivity contribution is 0.384. The van der Waals surface area contributed by atoms with Gasteiger partial charge in [-0.1, -0.05) is 0 Å². The normalized spacial score (nSPS) is 14.3. The van der Waals surface area contributed by atoms with E-state index in [9.17, 15) is 8.42 Å². The molecule has 0 atom stereocenters. The lowest BCUT2D eigenvalue weighted by atomic mass is 10.1. The second kappa shape index (κ2) is 7.57. The Morgan fingerprint density at radius 2 is 1.93 bits per heavy atom. The van der Waals surface area contributed by atoms with E-state index in [1.165, 1.54) is 7.11 Å². The van der Waals surface area contributed by atoms with E-state index in [1.807, 2.05) is 24.7 Å². The number of rotatable bonds is 7. The molecular formula is C20H23N5O3S. The number of aromatic nitrogens is 4. The van der Waals surface area contributed by atoms with Crippen molar-refractivity contribution in [2.75, 3.05) is 7.11 Å². The van der Waals surface area contributed by atoms with Crippen LogP contribution in [0.25, 0.3) is 11.1 Å². The van der Waals surface area contributed by atoms with Crippen molar-refractivity contribution in [2.24, 2.45) is 7.05 Å². The fourth-order valence-electron chi connectivity index (χ4n) is 3.20. The quantitative estimate of drug-likeness (QED) is 0.591. The molecule has 1 aromatic carbocycles. The molecule has 0 spiro atoms. The van der Waals surface area contributed by atoms with Gasteiger partial charge in [0.2, 0.25) is 10.0 Å². The lowest BCUT2D eigenvalue weighted by Crippen LogP contribution is -2.33. The summed E-state index contributed by atoms with van der Waals surface area (Å²) < 4.78 is 35.7. The molecule has 0 unspecified atom stereocenters. The second-order valence-electron chi connectivity index (χ2n) is 7.12. The van der Waals surface area contributed by atoms with Crippen molar-refractivity contribution in [1.82, 2.24) is 23.8 Å². The highest BCUT2D eigenvalue weighted by atomic mass is 32.2. The molecule has 1 saturated carbocycles. The average Bonchev–Trinajstić information content (AvgIpc) is 3.47. The zero-order valence-electron chi connectivity index (χ0n) is 16.6. The van der Waals surface area contributed by atoms with Crippen molar-refractivity contribution in [3.8, 4) is 16.9 Å². The monoisotopic (exact) mass is 413 g/mol. The minimum atomic E-state index is -3.70. The van der Waals surface area contributed by atoms with E-state index in [0.29, 0.717) is 17.4 Å². The third-order valence-electron chi connectivity index (χ3n) is 5.04.